The Hall–Kier alpha value is -2.84. The van der Waals surface area contributed by atoms with Crippen LogP contribution in [-0.4, -0.2) is 68.9 Å². The van der Waals surface area contributed by atoms with Crippen molar-refractivity contribution in [2.24, 2.45) is 0 Å². The Labute approximate surface area is 186 Å². The van der Waals surface area contributed by atoms with Crippen molar-refractivity contribution in [2.45, 2.75) is 18.6 Å². The van der Waals surface area contributed by atoms with Crippen molar-refractivity contribution >= 4 is 23.7 Å². The predicted octanol–water partition coefficient (Wildman–Crippen LogP) is 3.51. The van der Waals surface area contributed by atoms with E-state index in [-0.39, 0.29) is 5.91 Å². The van der Waals surface area contributed by atoms with Gasteiger partial charge in [0, 0.05) is 39.3 Å². The summed E-state index contributed by atoms with van der Waals surface area (Å²) in [5, 5.41) is 9.24. The summed E-state index contributed by atoms with van der Waals surface area (Å²) in [7, 11) is 0. The molecule has 1 aliphatic rings. The Morgan fingerprint density at radius 3 is 2.61 bits per heavy atom. The minimum absolute atomic E-state index is 0.148. The lowest BCUT2D eigenvalue weighted by molar-refractivity contribution is -0.130. The van der Waals surface area contributed by atoms with Gasteiger partial charge < -0.3 is 9.32 Å². The summed E-state index contributed by atoms with van der Waals surface area (Å²) in [5.41, 5.74) is 1.21. The molecule has 0 saturated carbocycles. The third kappa shape index (κ3) is 5.45. The molecule has 0 bridgehead atoms. The molecule has 1 amide bonds. The lowest BCUT2D eigenvalue weighted by Crippen LogP contribution is -2.49. The molecule has 31 heavy (non-hydrogen) atoms. The molecule has 0 N–H and O–H groups in total. The highest BCUT2D eigenvalue weighted by Crippen LogP contribution is 2.24. The summed E-state index contributed by atoms with van der Waals surface area (Å²) in [6.07, 6.45) is 5.96. The number of thioether (sulfide) groups is 1. The van der Waals surface area contributed by atoms with Gasteiger partial charge in [0.05, 0.1) is 12.0 Å². The second-order valence-electron chi connectivity index (χ2n) is 7.31. The standard InChI is InChI=1S/C23H27N5O2S/c1-2-28-22(20-11-7-17-30-20)24-25-23(28)31-18-21(29)27-15-13-26(14-16-27)12-6-10-19-8-4-3-5-9-19/h3-11,17H,2,12-16,18H2,1H3. The highest BCUT2D eigenvalue weighted by atomic mass is 32.2. The molecule has 0 unspecified atom stereocenters. The Balaban J connectivity index is 1.24. The molecule has 0 spiro atoms. The molecule has 0 aliphatic carbocycles. The number of hydrogen-bond donors (Lipinski definition) is 0. The van der Waals surface area contributed by atoms with Crippen LogP contribution in [0.5, 0.6) is 0 Å². The summed E-state index contributed by atoms with van der Waals surface area (Å²) in [4.78, 5) is 17.0. The molecule has 2 aromatic heterocycles. The van der Waals surface area contributed by atoms with Crippen LogP contribution in [0.25, 0.3) is 17.7 Å². The molecular formula is C23H27N5O2S. The molecule has 1 aromatic carbocycles. The van der Waals surface area contributed by atoms with Crippen LogP contribution >= 0.6 is 11.8 Å². The van der Waals surface area contributed by atoms with Gasteiger partial charge in [-0.05, 0) is 24.6 Å². The maximum Gasteiger partial charge on any atom is 0.233 e. The van der Waals surface area contributed by atoms with Gasteiger partial charge in [0.2, 0.25) is 5.91 Å². The number of piperazine rings is 1. The van der Waals surface area contributed by atoms with Gasteiger partial charge in [-0.25, -0.2) is 0 Å². The zero-order chi connectivity index (χ0) is 21.5. The van der Waals surface area contributed by atoms with Crippen molar-refractivity contribution in [2.75, 3.05) is 38.5 Å². The predicted molar refractivity (Wildman–Crippen MR) is 123 cm³/mol. The van der Waals surface area contributed by atoms with E-state index in [2.05, 4.69) is 39.4 Å². The van der Waals surface area contributed by atoms with Crippen LogP contribution < -0.4 is 0 Å². The van der Waals surface area contributed by atoms with E-state index in [0.717, 1.165) is 37.9 Å². The van der Waals surface area contributed by atoms with Crippen molar-refractivity contribution in [1.29, 1.82) is 0 Å². The van der Waals surface area contributed by atoms with Gasteiger partial charge >= 0.3 is 0 Å². The van der Waals surface area contributed by atoms with Gasteiger partial charge in [0.15, 0.2) is 16.7 Å². The van der Waals surface area contributed by atoms with Crippen LogP contribution in [0.2, 0.25) is 0 Å². The van der Waals surface area contributed by atoms with Crippen LogP contribution in [0.15, 0.2) is 64.4 Å². The third-order valence-electron chi connectivity index (χ3n) is 5.30. The average molecular weight is 438 g/mol. The number of nitrogens with zero attached hydrogens (tertiary/aromatic N) is 5. The van der Waals surface area contributed by atoms with Gasteiger partial charge in [-0.1, -0.05) is 54.2 Å². The van der Waals surface area contributed by atoms with Crippen LogP contribution in [0.1, 0.15) is 12.5 Å². The maximum atomic E-state index is 12.7. The maximum absolute atomic E-state index is 12.7. The van der Waals surface area contributed by atoms with E-state index in [0.29, 0.717) is 23.9 Å². The van der Waals surface area contributed by atoms with Gasteiger partial charge in [0.1, 0.15) is 0 Å². The van der Waals surface area contributed by atoms with Crippen molar-refractivity contribution < 1.29 is 9.21 Å². The van der Waals surface area contributed by atoms with Gasteiger partial charge in [-0.3, -0.25) is 14.3 Å². The molecule has 0 radical (unpaired) electrons. The Kier molecular flexibility index (Phi) is 7.22. The fourth-order valence-corrected chi connectivity index (χ4v) is 4.47. The monoisotopic (exact) mass is 437 g/mol. The van der Waals surface area contributed by atoms with E-state index in [1.165, 1.54) is 17.3 Å². The quantitative estimate of drug-likeness (QED) is 0.503. The molecule has 162 valence electrons. The van der Waals surface area contributed by atoms with E-state index in [4.69, 9.17) is 4.42 Å². The summed E-state index contributed by atoms with van der Waals surface area (Å²) < 4.78 is 7.42. The summed E-state index contributed by atoms with van der Waals surface area (Å²) in [5.74, 6) is 1.89. The summed E-state index contributed by atoms with van der Waals surface area (Å²) in [6.45, 7) is 6.96. The number of benzene rings is 1. The zero-order valence-electron chi connectivity index (χ0n) is 17.7. The van der Waals surface area contributed by atoms with Crippen LogP contribution in [-0.2, 0) is 11.3 Å². The van der Waals surface area contributed by atoms with E-state index in [1.54, 1.807) is 6.26 Å². The SMILES string of the molecule is CCn1c(SCC(=O)N2CCN(CC=Cc3ccccc3)CC2)nnc1-c1ccco1. The van der Waals surface area contributed by atoms with E-state index in [1.807, 2.05) is 46.7 Å². The first-order valence-electron chi connectivity index (χ1n) is 10.6. The normalized spacial score (nSPS) is 15.1. The van der Waals surface area contributed by atoms with Crippen molar-refractivity contribution in [3.63, 3.8) is 0 Å². The molecule has 8 heteroatoms. The van der Waals surface area contributed by atoms with Crippen molar-refractivity contribution in [3.8, 4) is 11.6 Å². The second kappa shape index (κ2) is 10.5. The Bertz CT molecular complexity index is 992. The Morgan fingerprint density at radius 1 is 1.10 bits per heavy atom. The topological polar surface area (TPSA) is 67.4 Å². The first-order valence-corrected chi connectivity index (χ1v) is 11.5. The fraction of sp³-hybridized carbons (Fsp3) is 0.348. The van der Waals surface area contributed by atoms with Gasteiger partial charge in [0.25, 0.3) is 0 Å². The number of carbonyl (C=O) groups is 1. The smallest absolute Gasteiger partial charge is 0.233 e. The van der Waals surface area contributed by atoms with Gasteiger partial charge in [-0.2, -0.15) is 0 Å². The lowest BCUT2D eigenvalue weighted by Gasteiger charge is -2.34. The number of aromatic nitrogens is 3. The van der Waals surface area contributed by atoms with Crippen LogP contribution in [0, 0.1) is 0 Å². The van der Waals surface area contributed by atoms with Crippen LogP contribution in [0.4, 0.5) is 0 Å². The van der Waals surface area contributed by atoms with Crippen molar-refractivity contribution in [3.05, 3.63) is 60.4 Å². The summed E-state index contributed by atoms with van der Waals surface area (Å²) >= 11 is 1.44. The third-order valence-corrected chi connectivity index (χ3v) is 6.25. The first-order chi connectivity index (χ1) is 15.2. The van der Waals surface area contributed by atoms with E-state index in [9.17, 15) is 4.79 Å². The highest BCUT2D eigenvalue weighted by Gasteiger charge is 2.22. The zero-order valence-corrected chi connectivity index (χ0v) is 18.5. The number of carbonyl (C=O) groups excluding carboxylic acids is 1. The number of hydrogen-bond acceptors (Lipinski definition) is 6. The van der Waals surface area contributed by atoms with Crippen molar-refractivity contribution in [1.82, 2.24) is 24.6 Å². The summed E-state index contributed by atoms with van der Waals surface area (Å²) in [6, 6.07) is 14.0. The first kappa shape index (κ1) is 21.4. The van der Waals surface area contributed by atoms with E-state index < -0.39 is 0 Å². The second-order valence-corrected chi connectivity index (χ2v) is 8.25. The fourth-order valence-electron chi connectivity index (χ4n) is 3.57. The molecule has 1 aliphatic heterocycles. The molecular weight excluding hydrogens is 410 g/mol. The minimum Gasteiger partial charge on any atom is -0.461 e. The van der Waals surface area contributed by atoms with Gasteiger partial charge in [-0.15, -0.1) is 10.2 Å². The highest BCUT2D eigenvalue weighted by molar-refractivity contribution is 7.99. The van der Waals surface area contributed by atoms with Crippen LogP contribution in [0.3, 0.4) is 0 Å². The number of amides is 1. The molecule has 1 fully saturated rings. The number of furan rings is 1. The minimum atomic E-state index is 0.148. The van der Waals surface area contributed by atoms with E-state index >= 15 is 0 Å². The largest absolute Gasteiger partial charge is 0.461 e. The average Bonchev–Trinajstić information content (AvgIpc) is 3.48. The molecule has 4 rings (SSSR count). The molecule has 1 saturated heterocycles. The molecule has 3 heterocycles. The lowest BCUT2D eigenvalue weighted by atomic mass is 10.2. The molecule has 7 nitrogen and oxygen atoms in total. The number of rotatable bonds is 8. The Morgan fingerprint density at radius 2 is 1.90 bits per heavy atom. The molecule has 3 aromatic rings. The molecule has 0 atom stereocenters.